The van der Waals surface area contributed by atoms with Crippen LogP contribution in [0.2, 0.25) is 0 Å². The molecule has 0 saturated carbocycles. The van der Waals surface area contributed by atoms with Gasteiger partial charge in [0.15, 0.2) is 0 Å². The van der Waals surface area contributed by atoms with Gasteiger partial charge in [-0.2, -0.15) is 0 Å². The second-order valence-electron chi connectivity index (χ2n) is 8.46. The van der Waals surface area contributed by atoms with E-state index in [1.165, 1.54) is 11.3 Å². The number of amides is 2. The van der Waals surface area contributed by atoms with E-state index >= 15 is 0 Å². The second-order valence-corrected chi connectivity index (χ2v) is 10.3. The van der Waals surface area contributed by atoms with E-state index < -0.39 is 6.04 Å². The van der Waals surface area contributed by atoms with Crippen LogP contribution >= 0.6 is 27.3 Å². The van der Waals surface area contributed by atoms with Crippen LogP contribution in [0.15, 0.2) is 59.1 Å². The first kappa shape index (κ1) is 23.1. The van der Waals surface area contributed by atoms with Gasteiger partial charge in [0, 0.05) is 22.9 Å². The predicted octanol–water partition coefficient (Wildman–Crippen LogP) is 5.07. The van der Waals surface area contributed by atoms with E-state index in [9.17, 15) is 9.59 Å². The summed E-state index contributed by atoms with van der Waals surface area (Å²) in [5.41, 5.74) is 1.71. The number of carbonyl (C=O) groups excluding carboxylic acids is 2. The average Bonchev–Trinajstić information content (AvgIpc) is 3.16. The Labute approximate surface area is 194 Å². The highest BCUT2D eigenvalue weighted by molar-refractivity contribution is 9.10. The summed E-state index contributed by atoms with van der Waals surface area (Å²) < 4.78 is 0.976. The molecule has 2 amide bonds. The quantitative estimate of drug-likeness (QED) is 0.474. The fourth-order valence-corrected chi connectivity index (χ4v) is 3.98. The van der Waals surface area contributed by atoms with Crippen LogP contribution in [0.25, 0.3) is 10.6 Å². The third-order valence-electron chi connectivity index (χ3n) is 4.37. The molecule has 0 aliphatic carbocycles. The number of aromatic nitrogens is 2. The van der Waals surface area contributed by atoms with Gasteiger partial charge in [-0.05, 0) is 23.1 Å². The van der Waals surface area contributed by atoms with Gasteiger partial charge in [-0.1, -0.05) is 90.5 Å². The number of nitrogens with one attached hydrogen (secondary N) is 2. The van der Waals surface area contributed by atoms with Crippen LogP contribution in [0.1, 0.15) is 32.8 Å². The highest BCUT2D eigenvalue weighted by Gasteiger charge is 2.25. The van der Waals surface area contributed by atoms with E-state index in [1.54, 1.807) is 0 Å². The van der Waals surface area contributed by atoms with Gasteiger partial charge in [0.1, 0.15) is 11.0 Å². The summed E-state index contributed by atoms with van der Waals surface area (Å²) in [6, 6.07) is 16.6. The standard InChI is InChI=1S/C23H25BrN4O2S/c1-23(2,3)14-19(29)25-18(13-15-7-5-4-6-8-15)20(30)26-22-28-27-21(31-22)16-9-11-17(24)12-10-16/h4-12,18H,13-14H2,1-3H3,(H,25,29)(H,26,28,30)/t18-/m1/s1. The van der Waals surface area contributed by atoms with Crippen molar-refractivity contribution in [3.8, 4) is 10.6 Å². The molecule has 31 heavy (non-hydrogen) atoms. The molecule has 162 valence electrons. The Morgan fingerprint density at radius 1 is 1.03 bits per heavy atom. The summed E-state index contributed by atoms with van der Waals surface area (Å²) in [6.45, 7) is 5.97. The molecule has 8 heteroatoms. The lowest BCUT2D eigenvalue weighted by Crippen LogP contribution is -2.46. The summed E-state index contributed by atoms with van der Waals surface area (Å²) in [6.07, 6.45) is 0.721. The Balaban J connectivity index is 1.73. The van der Waals surface area contributed by atoms with Gasteiger partial charge >= 0.3 is 0 Å². The molecule has 0 saturated heterocycles. The number of rotatable bonds is 7. The summed E-state index contributed by atoms with van der Waals surface area (Å²) in [4.78, 5) is 25.5. The molecular formula is C23H25BrN4O2S. The van der Waals surface area contributed by atoms with Gasteiger partial charge < -0.3 is 5.32 Å². The topological polar surface area (TPSA) is 84.0 Å². The number of anilines is 1. The molecule has 0 unspecified atom stereocenters. The Morgan fingerprint density at radius 2 is 1.71 bits per heavy atom. The summed E-state index contributed by atoms with van der Waals surface area (Å²) in [7, 11) is 0. The number of hydrogen-bond acceptors (Lipinski definition) is 5. The molecule has 0 spiro atoms. The van der Waals surface area contributed by atoms with Crippen molar-refractivity contribution in [2.75, 3.05) is 5.32 Å². The third kappa shape index (κ3) is 7.25. The van der Waals surface area contributed by atoms with Gasteiger partial charge in [0.2, 0.25) is 16.9 Å². The molecule has 2 aromatic carbocycles. The minimum absolute atomic E-state index is 0.156. The Hall–Kier alpha value is -2.58. The Kier molecular flexibility index (Phi) is 7.56. The van der Waals surface area contributed by atoms with Crippen LogP contribution in [-0.4, -0.2) is 28.1 Å². The van der Waals surface area contributed by atoms with E-state index in [0.717, 1.165) is 15.6 Å². The van der Waals surface area contributed by atoms with Crippen molar-refractivity contribution >= 4 is 44.2 Å². The highest BCUT2D eigenvalue weighted by Crippen LogP contribution is 2.27. The van der Waals surface area contributed by atoms with Crippen molar-refractivity contribution in [3.05, 3.63) is 64.6 Å². The SMILES string of the molecule is CC(C)(C)CC(=O)N[C@H](Cc1ccccc1)C(=O)Nc1nnc(-c2ccc(Br)cc2)s1. The molecule has 3 rings (SSSR count). The average molecular weight is 501 g/mol. The number of carbonyl (C=O) groups is 2. The molecule has 1 heterocycles. The van der Waals surface area contributed by atoms with Crippen molar-refractivity contribution in [2.45, 2.75) is 39.7 Å². The third-order valence-corrected chi connectivity index (χ3v) is 5.79. The molecule has 3 aromatic rings. The molecule has 0 bridgehead atoms. The maximum atomic E-state index is 13.0. The van der Waals surface area contributed by atoms with Gasteiger partial charge in [0.05, 0.1) is 0 Å². The maximum absolute atomic E-state index is 13.0. The second kappa shape index (κ2) is 10.2. The molecule has 0 aliphatic rings. The minimum Gasteiger partial charge on any atom is -0.344 e. The molecule has 6 nitrogen and oxygen atoms in total. The van der Waals surface area contributed by atoms with Crippen LogP contribution < -0.4 is 10.6 Å². The van der Waals surface area contributed by atoms with E-state index in [1.807, 2.05) is 75.4 Å². The molecule has 2 N–H and O–H groups in total. The van der Waals surface area contributed by atoms with Crippen molar-refractivity contribution in [1.82, 2.24) is 15.5 Å². The van der Waals surface area contributed by atoms with E-state index in [0.29, 0.717) is 23.0 Å². The number of halogens is 1. The smallest absolute Gasteiger partial charge is 0.249 e. The van der Waals surface area contributed by atoms with Crippen LogP contribution in [-0.2, 0) is 16.0 Å². The van der Waals surface area contributed by atoms with Gasteiger partial charge in [-0.3, -0.25) is 14.9 Å². The van der Waals surface area contributed by atoms with Gasteiger partial charge in [-0.15, -0.1) is 10.2 Å². The van der Waals surface area contributed by atoms with Crippen LogP contribution in [0.5, 0.6) is 0 Å². The largest absolute Gasteiger partial charge is 0.344 e. The molecule has 0 radical (unpaired) electrons. The Morgan fingerprint density at radius 3 is 2.35 bits per heavy atom. The normalized spacial score (nSPS) is 12.3. The van der Waals surface area contributed by atoms with Crippen molar-refractivity contribution in [2.24, 2.45) is 5.41 Å². The van der Waals surface area contributed by atoms with Crippen LogP contribution in [0.4, 0.5) is 5.13 Å². The van der Waals surface area contributed by atoms with Gasteiger partial charge in [0.25, 0.3) is 0 Å². The van der Waals surface area contributed by atoms with Crippen LogP contribution in [0.3, 0.4) is 0 Å². The lowest BCUT2D eigenvalue weighted by atomic mass is 9.91. The maximum Gasteiger partial charge on any atom is 0.249 e. The first-order valence-corrected chi connectivity index (χ1v) is 11.5. The first-order chi connectivity index (χ1) is 14.7. The number of nitrogens with zero attached hydrogens (tertiary/aromatic N) is 2. The van der Waals surface area contributed by atoms with Crippen LogP contribution in [0, 0.1) is 5.41 Å². The molecule has 1 atom stereocenters. The molecule has 0 aliphatic heterocycles. The van der Waals surface area contributed by atoms with Gasteiger partial charge in [-0.25, -0.2) is 0 Å². The zero-order chi connectivity index (χ0) is 22.4. The first-order valence-electron chi connectivity index (χ1n) is 9.93. The van der Waals surface area contributed by atoms with E-state index in [4.69, 9.17) is 0 Å². The highest BCUT2D eigenvalue weighted by atomic mass is 79.9. The van der Waals surface area contributed by atoms with Crippen molar-refractivity contribution < 1.29 is 9.59 Å². The summed E-state index contributed by atoms with van der Waals surface area (Å²) in [5, 5.41) is 15.1. The predicted molar refractivity (Wildman–Crippen MR) is 128 cm³/mol. The fraction of sp³-hybridized carbons (Fsp3) is 0.304. The Bertz CT molecular complexity index is 1030. The van der Waals surface area contributed by atoms with E-state index in [2.05, 4.69) is 36.8 Å². The molecular weight excluding hydrogens is 476 g/mol. The zero-order valence-electron chi connectivity index (χ0n) is 17.7. The summed E-state index contributed by atoms with van der Waals surface area (Å²) >= 11 is 4.70. The lowest BCUT2D eigenvalue weighted by molar-refractivity contribution is -0.127. The van der Waals surface area contributed by atoms with Crippen molar-refractivity contribution in [1.29, 1.82) is 0 Å². The lowest BCUT2D eigenvalue weighted by Gasteiger charge is -2.22. The fourth-order valence-electron chi connectivity index (χ4n) is 2.96. The summed E-state index contributed by atoms with van der Waals surface area (Å²) in [5.74, 6) is -0.471. The molecule has 0 fully saturated rings. The zero-order valence-corrected chi connectivity index (χ0v) is 20.1. The number of hydrogen-bond donors (Lipinski definition) is 2. The monoisotopic (exact) mass is 500 g/mol. The van der Waals surface area contributed by atoms with Crippen molar-refractivity contribution in [3.63, 3.8) is 0 Å². The molecule has 1 aromatic heterocycles. The van der Waals surface area contributed by atoms with E-state index in [-0.39, 0.29) is 17.2 Å². The minimum atomic E-state index is -0.711. The number of benzene rings is 2.